The van der Waals surface area contributed by atoms with Crippen molar-refractivity contribution in [3.05, 3.63) is 52.9 Å². The Morgan fingerprint density at radius 3 is 2.03 bits per heavy atom. The van der Waals surface area contributed by atoms with Gasteiger partial charge in [0, 0.05) is 22.5 Å². The molecule has 2 aromatic heterocycles. The number of rotatable bonds is 4. The van der Waals surface area contributed by atoms with Crippen LogP contribution in [0.5, 0.6) is 0 Å². The van der Waals surface area contributed by atoms with Crippen molar-refractivity contribution in [3.63, 3.8) is 0 Å². The Bertz CT molecular complexity index is 1030. The summed E-state index contributed by atoms with van der Waals surface area (Å²) in [6.07, 6.45) is 5.84. The Balaban J connectivity index is 1.38. The number of hydrogen-bond donors (Lipinski definition) is 2. The van der Waals surface area contributed by atoms with Gasteiger partial charge in [-0.25, -0.2) is 15.0 Å². The van der Waals surface area contributed by atoms with E-state index in [-0.39, 0.29) is 22.9 Å². The molecule has 4 fully saturated rings. The van der Waals surface area contributed by atoms with E-state index in [2.05, 4.69) is 25.6 Å². The van der Waals surface area contributed by atoms with Gasteiger partial charge in [0.05, 0.1) is 0 Å². The first-order chi connectivity index (χ1) is 14.7. The number of pyridine rings is 1. The SMILES string of the molecule is Cc1cccc(C(=O)NC23CC4CC(C2)CC(NC(=O)c2cc(C)nc(C)n2)(C4)C3)n1. The monoisotopic (exact) mass is 419 g/mol. The Hall–Kier alpha value is -2.83. The molecule has 0 radical (unpaired) electrons. The van der Waals surface area contributed by atoms with E-state index in [0.29, 0.717) is 29.0 Å². The lowest BCUT2D eigenvalue weighted by atomic mass is 9.49. The van der Waals surface area contributed by atoms with E-state index >= 15 is 0 Å². The van der Waals surface area contributed by atoms with Crippen LogP contribution in [0.1, 0.15) is 76.7 Å². The predicted octanol–water partition coefficient (Wildman–Crippen LogP) is 3.05. The highest BCUT2D eigenvalue weighted by molar-refractivity contribution is 5.94. The van der Waals surface area contributed by atoms with Crippen LogP contribution in [0.15, 0.2) is 24.3 Å². The maximum Gasteiger partial charge on any atom is 0.270 e. The first-order valence-corrected chi connectivity index (χ1v) is 11.1. The van der Waals surface area contributed by atoms with Crippen LogP contribution in [0.3, 0.4) is 0 Å². The standard InChI is InChI=1S/C24H29N5O2/c1-14-5-4-6-19(26-14)21(30)28-23-9-17-8-18(10-23)12-24(11-17,13-23)29-22(31)20-7-15(2)25-16(3)27-20/h4-7,17-18H,8-13H2,1-3H3,(H,28,30)(H,29,31). The highest BCUT2D eigenvalue weighted by Crippen LogP contribution is 2.57. The second-order valence-corrected chi connectivity index (χ2v) is 10.0. The van der Waals surface area contributed by atoms with Crippen molar-refractivity contribution in [1.82, 2.24) is 25.6 Å². The fraction of sp³-hybridized carbons (Fsp3) is 0.542. The average Bonchev–Trinajstić information content (AvgIpc) is 2.65. The van der Waals surface area contributed by atoms with Crippen LogP contribution in [0.25, 0.3) is 0 Å². The maximum absolute atomic E-state index is 13.1. The molecule has 162 valence electrons. The molecule has 4 saturated carbocycles. The van der Waals surface area contributed by atoms with Crippen LogP contribution in [-0.4, -0.2) is 37.8 Å². The van der Waals surface area contributed by atoms with Gasteiger partial charge in [0.25, 0.3) is 11.8 Å². The zero-order valence-electron chi connectivity index (χ0n) is 18.4. The Morgan fingerprint density at radius 1 is 0.839 bits per heavy atom. The molecule has 4 aliphatic rings. The van der Waals surface area contributed by atoms with Crippen molar-refractivity contribution < 1.29 is 9.59 Å². The molecular formula is C24H29N5O2. The van der Waals surface area contributed by atoms with Crippen LogP contribution in [0, 0.1) is 32.6 Å². The lowest BCUT2D eigenvalue weighted by Crippen LogP contribution is -2.70. The topological polar surface area (TPSA) is 96.9 Å². The third-order valence-electron chi connectivity index (χ3n) is 7.14. The summed E-state index contributed by atoms with van der Waals surface area (Å²) in [5.74, 6) is 1.37. The van der Waals surface area contributed by atoms with E-state index in [0.717, 1.165) is 43.5 Å². The molecule has 4 aliphatic carbocycles. The molecule has 0 aliphatic heterocycles. The molecule has 0 saturated heterocycles. The quantitative estimate of drug-likeness (QED) is 0.794. The number of aromatic nitrogens is 3. The number of nitrogens with zero attached hydrogens (tertiary/aromatic N) is 3. The van der Waals surface area contributed by atoms with Crippen molar-refractivity contribution in [2.75, 3.05) is 0 Å². The fourth-order valence-corrected chi connectivity index (χ4v) is 6.67. The molecule has 0 spiro atoms. The molecule has 2 N–H and O–H groups in total. The molecule has 7 heteroatoms. The molecule has 7 nitrogen and oxygen atoms in total. The summed E-state index contributed by atoms with van der Waals surface area (Å²) in [5, 5.41) is 6.69. The average molecular weight is 420 g/mol. The van der Waals surface area contributed by atoms with Gasteiger partial charge in [-0.2, -0.15) is 0 Å². The summed E-state index contributed by atoms with van der Waals surface area (Å²) >= 11 is 0. The minimum Gasteiger partial charge on any atom is -0.345 e. The van der Waals surface area contributed by atoms with Gasteiger partial charge in [-0.1, -0.05) is 6.07 Å². The smallest absolute Gasteiger partial charge is 0.270 e. The van der Waals surface area contributed by atoms with Gasteiger partial charge in [0.1, 0.15) is 17.2 Å². The second kappa shape index (κ2) is 7.11. The lowest BCUT2D eigenvalue weighted by molar-refractivity contribution is -0.0449. The number of carbonyl (C=O) groups is 2. The second-order valence-electron chi connectivity index (χ2n) is 10.0. The molecule has 2 unspecified atom stereocenters. The van der Waals surface area contributed by atoms with E-state index in [9.17, 15) is 9.59 Å². The zero-order chi connectivity index (χ0) is 21.8. The number of aryl methyl sites for hydroxylation is 3. The zero-order valence-corrected chi connectivity index (χ0v) is 18.4. The summed E-state index contributed by atoms with van der Waals surface area (Å²) in [6.45, 7) is 5.57. The van der Waals surface area contributed by atoms with Gasteiger partial charge in [0.2, 0.25) is 0 Å². The molecule has 2 aromatic rings. The third-order valence-corrected chi connectivity index (χ3v) is 7.14. The van der Waals surface area contributed by atoms with Gasteiger partial charge in [-0.15, -0.1) is 0 Å². The summed E-state index contributed by atoms with van der Waals surface area (Å²) in [6, 6.07) is 7.26. The van der Waals surface area contributed by atoms with Gasteiger partial charge in [-0.05, 0) is 89.3 Å². The van der Waals surface area contributed by atoms with E-state index < -0.39 is 0 Å². The summed E-state index contributed by atoms with van der Waals surface area (Å²) in [5.41, 5.74) is 1.93. The summed E-state index contributed by atoms with van der Waals surface area (Å²) in [7, 11) is 0. The molecule has 0 aromatic carbocycles. The molecule has 6 rings (SSSR count). The third kappa shape index (κ3) is 3.82. The number of nitrogens with one attached hydrogen (secondary N) is 2. The molecule has 2 amide bonds. The summed E-state index contributed by atoms with van der Waals surface area (Å²) < 4.78 is 0. The molecule has 4 bridgehead atoms. The minimum absolute atomic E-state index is 0.117. The Labute approximate surface area is 182 Å². The lowest BCUT2D eigenvalue weighted by Gasteiger charge is -2.62. The van der Waals surface area contributed by atoms with Gasteiger partial charge >= 0.3 is 0 Å². The van der Waals surface area contributed by atoms with Crippen molar-refractivity contribution in [1.29, 1.82) is 0 Å². The number of amides is 2. The van der Waals surface area contributed by atoms with Crippen LogP contribution >= 0.6 is 0 Å². The number of hydrogen-bond acceptors (Lipinski definition) is 5. The fourth-order valence-electron chi connectivity index (χ4n) is 6.67. The molecule has 31 heavy (non-hydrogen) atoms. The predicted molar refractivity (Wildman–Crippen MR) is 116 cm³/mol. The highest BCUT2D eigenvalue weighted by atomic mass is 16.2. The molecular weight excluding hydrogens is 390 g/mol. The largest absolute Gasteiger partial charge is 0.345 e. The number of carbonyl (C=O) groups excluding carboxylic acids is 2. The van der Waals surface area contributed by atoms with Crippen LogP contribution in [-0.2, 0) is 0 Å². The van der Waals surface area contributed by atoms with Gasteiger partial charge < -0.3 is 10.6 Å². The van der Waals surface area contributed by atoms with Gasteiger partial charge in [0.15, 0.2) is 0 Å². The highest BCUT2D eigenvalue weighted by Gasteiger charge is 2.58. The maximum atomic E-state index is 13.1. The van der Waals surface area contributed by atoms with Crippen LogP contribution < -0.4 is 10.6 Å². The van der Waals surface area contributed by atoms with E-state index in [1.807, 2.05) is 26.0 Å². The van der Waals surface area contributed by atoms with E-state index in [1.165, 1.54) is 6.42 Å². The molecule has 2 heterocycles. The van der Waals surface area contributed by atoms with Gasteiger partial charge in [-0.3, -0.25) is 9.59 Å². The van der Waals surface area contributed by atoms with E-state index in [4.69, 9.17) is 0 Å². The first-order valence-electron chi connectivity index (χ1n) is 11.1. The Morgan fingerprint density at radius 2 is 1.45 bits per heavy atom. The van der Waals surface area contributed by atoms with Crippen LogP contribution in [0.2, 0.25) is 0 Å². The summed E-state index contributed by atoms with van der Waals surface area (Å²) in [4.78, 5) is 39.2. The molecule has 2 atom stereocenters. The Kier molecular flexibility index (Phi) is 4.61. The van der Waals surface area contributed by atoms with Crippen molar-refractivity contribution >= 4 is 11.8 Å². The minimum atomic E-state index is -0.290. The normalized spacial score (nSPS) is 30.8. The van der Waals surface area contributed by atoms with Crippen molar-refractivity contribution in [2.45, 2.75) is 70.4 Å². The van der Waals surface area contributed by atoms with E-state index in [1.54, 1.807) is 19.1 Å². The van der Waals surface area contributed by atoms with Crippen molar-refractivity contribution in [3.8, 4) is 0 Å². The van der Waals surface area contributed by atoms with Crippen molar-refractivity contribution in [2.24, 2.45) is 11.8 Å². The first kappa shape index (κ1) is 20.1. The van der Waals surface area contributed by atoms with Crippen LogP contribution in [0.4, 0.5) is 0 Å².